The highest BCUT2D eigenvalue weighted by Gasteiger charge is 2.21. The summed E-state index contributed by atoms with van der Waals surface area (Å²) in [5.74, 6) is 0.200. The summed E-state index contributed by atoms with van der Waals surface area (Å²) in [6.07, 6.45) is 3.06. The van der Waals surface area contributed by atoms with Gasteiger partial charge in [-0.2, -0.15) is 0 Å². The monoisotopic (exact) mass is 323 g/mol. The number of Topliss-reactive ketones (excluding diaryl/α,β-unsaturated/α-hetero) is 1. The molecule has 0 heterocycles. The quantitative estimate of drug-likeness (QED) is 0.857. The Morgan fingerprint density at radius 3 is 2.71 bits per heavy atom. The summed E-state index contributed by atoms with van der Waals surface area (Å²) in [6, 6.07) is 15.2. The zero-order chi connectivity index (χ0) is 16.9. The third-order valence-corrected chi connectivity index (χ3v) is 4.33. The van der Waals surface area contributed by atoms with E-state index in [0.29, 0.717) is 11.3 Å². The summed E-state index contributed by atoms with van der Waals surface area (Å²) in [6.45, 7) is 1.39. The van der Waals surface area contributed by atoms with Crippen LogP contribution in [0.25, 0.3) is 0 Å². The molecule has 0 radical (unpaired) electrons. The fourth-order valence-corrected chi connectivity index (χ4v) is 3.17. The van der Waals surface area contributed by atoms with E-state index < -0.39 is 0 Å². The Labute approximate surface area is 141 Å². The van der Waals surface area contributed by atoms with Gasteiger partial charge >= 0.3 is 0 Å². The van der Waals surface area contributed by atoms with Gasteiger partial charge in [0, 0.05) is 0 Å². The molecular formula is C20H21NO3. The number of carbonyl (C=O) groups excluding carboxylic acids is 2. The van der Waals surface area contributed by atoms with E-state index in [1.165, 1.54) is 18.1 Å². The zero-order valence-corrected chi connectivity index (χ0v) is 13.7. The highest BCUT2D eigenvalue weighted by atomic mass is 16.5. The predicted octanol–water partition coefficient (Wildman–Crippen LogP) is 3.46. The van der Waals surface area contributed by atoms with Crippen LogP contribution in [-0.2, 0) is 11.2 Å². The van der Waals surface area contributed by atoms with Crippen molar-refractivity contribution >= 4 is 11.7 Å². The van der Waals surface area contributed by atoms with Gasteiger partial charge in [-0.1, -0.05) is 36.4 Å². The van der Waals surface area contributed by atoms with E-state index in [-0.39, 0.29) is 24.3 Å². The molecule has 0 spiro atoms. The smallest absolute Gasteiger partial charge is 0.258 e. The molecule has 4 nitrogen and oxygen atoms in total. The summed E-state index contributed by atoms with van der Waals surface area (Å²) >= 11 is 0. The number of fused-ring (bicyclic) bond motifs is 1. The number of hydrogen-bond acceptors (Lipinski definition) is 3. The topological polar surface area (TPSA) is 55.4 Å². The van der Waals surface area contributed by atoms with Crippen molar-refractivity contribution in [2.24, 2.45) is 0 Å². The van der Waals surface area contributed by atoms with E-state index >= 15 is 0 Å². The van der Waals surface area contributed by atoms with Gasteiger partial charge in [0.15, 0.2) is 12.4 Å². The Balaban J connectivity index is 1.62. The molecule has 1 aliphatic carbocycles. The minimum absolute atomic E-state index is 0.0362. The summed E-state index contributed by atoms with van der Waals surface area (Å²) in [7, 11) is 0. The lowest BCUT2D eigenvalue weighted by atomic mass is 9.88. The number of hydrogen-bond donors (Lipinski definition) is 1. The van der Waals surface area contributed by atoms with Crippen LogP contribution in [0.5, 0.6) is 5.75 Å². The first-order valence-corrected chi connectivity index (χ1v) is 8.25. The highest BCUT2D eigenvalue weighted by Crippen LogP contribution is 2.29. The van der Waals surface area contributed by atoms with Crippen LogP contribution in [0.1, 0.15) is 47.3 Å². The van der Waals surface area contributed by atoms with Gasteiger partial charge in [-0.3, -0.25) is 9.59 Å². The Kier molecular flexibility index (Phi) is 4.94. The molecule has 1 N–H and O–H groups in total. The van der Waals surface area contributed by atoms with Crippen LogP contribution in [0.2, 0.25) is 0 Å². The average Bonchev–Trinajstić information content (AvgIpc) is 2.60. The first-order chi connectivity index (χ1) is 11.6. The molecule has 1 atom stereocenters. The molecule has 124 valence electrons. The molecule has 3 rings (SSSR count). The molecule has 0 saturated heterocycles. The number of amides is 1. The zero-order valence-electron chi connectivity index (χ0n) is 13.7. The van der Waals surface area contributed by atoms with E-state index in [2.05, 4.69) is 17.4 Å². The standard InChI is InChI=1S/C20H21NO3/c1-14(22)16-9-4-5-12-19(16)24-13-20(23)21-18-11-6-8-15-7-2-3-10-17(15)18/h2-5,7,9-10,12,18H,6,8,11,13H2,1H3,(H,21,23)/t18-/m0/s1. The second-order valence-electron chi connectivity index (χ2n) is 6.05. The molecule has 2 aromatic rings. The lowest BCUT2D eigenvalue weighted by molar-refractivity contribution is -0.124. The molecule has 0 fully saturated rings. The number of para-hydroxylation sites is 1. The van der Waals surface area contributed by atoms with Crippen molar-refractivity contribution in [3.8, 4) is 5.75 Å². The van der Waals surface area contributed by atoms with Crippen molar-refractivity contribution in [1.82, 2.24) is 5.32 Å². The third kappa shape index (κ3) is 3.65. The van der Waals surface area contributed by atoms with E-state index in [0.717, 1.165) is 19.3 Å². The van der Waals surface area contributed by atoms with Crippen LogP contribution < -0.4 is 10.1 Å². The first-order valence-electron chi connectivity index (χ1n) is 8.25. The number of rotatable bonds is 5. The molecule has 0 aliphatic heterocycles. The van der Waals surface area contributed by atoms with Crippen molar-refractivity contribution in [3.63, 3.8) is 0 Å². The SMILES string of the molecule is CC(=O)c1ccccc1OCC(=O)N[C@H]1CCCc2ccccc21. The molecule has 1 amide bonds. The lowest BCUT2D eigenvalue weighted by Crippen LogP contribution is -2.34. The second kappa shape index (κ2) is 7.30. The summed E-state index contributed by atoms with van der Waals surface area (Å²) in [5, 5.41) is 3.05. The number of aryl methyl sites for hydroxylation is 1. The van der Waals surface area contributed by atoms with Gasteiger partial charge in [0.2, 0.25) is 0 Å². The summed E-state index contributed by atoms with van der Waals surface area (Å²) < 4.78 is 5.56. The van der Waals surface area contributed by atoms with Gasteiger partial charge in [0.05, 0.1) is 11.6 Å². The maximum Gasteiger partial charge on any atom is 0.258 e. The minimum atomic E-state index is -0.171. The van der Waals surface area contributed by atoms with Gasteiger partial charge in [0.1, 0.15) is 5.75 Å². The minimum Gasteiger partial charge on any atom is -0.483 e. The van der Waals surface area contributed by atoms with Crippen LogP contribution >= 0.6 is 0 Å². The summed E-state index contributed by atoms with van der Waals surface area (Å²) in [4.78, 5) is 23.8. The second-order valence-corrected chi connectivity index (χ2v) is 6.05. The molecule has 4 heteroatoms. The van der Waals surface area contributed by atoms with Gasteiger partial charge in [-0.15, -0.1) is 0 Å². The van der Waals surface area contributed by atoms with Crippen LogP contribution in [0.15, 0.2) is 48.5 Å². The van der Waals surface area contributed by atoms with E-state index in [4.69, 9.17) is 4.74 Å². The van der Waals surface area contributed by atoms with Crippen molar-refractivity contribution in [1.29, 1.82) is 0 Å². The molecule has 0 aromatic heterocycles. The van der Waals surface area contributed by atoms with Gasteiger partial charge in [-0.25, -0.2) is 0 Å². The first kappa shape index (κ1) is 16.2. The van der Waals surface area contributed by atoms with Crippen LogP contribution in [0.4, 0.5) is 0 Å². The van der Waals surface area contributed by atoms with Crippen molar-refractivity contribution in [2.45, 2.75) is 32.2 Å². The summed E-state index contributed by atoms with van der Waals surface area (Å²) in [5.41, 5.74) is 2.99. The molecule has 24 heavy (non-hydrogen) atoms. The van der Waals surface area contributed by atoms with Crippen LogP contribution in [-0.4, -0.2) is 18.3 Å². The molecular weight excluding hydrogens is 302 g/mol. The fraction of sp³-hybridized carbons (Fsp3) is 0.300. The molecule has 1 aliphatic rings. The maximum atomic E-state index is 12.3. The van der Waals surface area contributed by atoms with E-state index in [1.807, 2.05) is 12.1 Å². The Hall–Kier alpha value is -2.62. The third-order valence-electron chi connectivity index (χ3n) is 4.33. The predicted molar refractivity (Wildman–Crippen MR) is 92.2 cm³/mol. The van der Waals surface area contributed by atoms with E-state index in [9.17, 15) is 9.59 Å². The molecule has 2 aromatic carbocycles. The van der Waals surface area contributed by atoms with Crippen LogP contribution in [0, 0.1) is 0 Å². The number of nitrogens with one attached hydrogen (secondary N) is 1. The van der Waals surface area contributed by atoms with Gasteiger partial charge in [-0.05, 0) is 49.4 Å². The van der Waals surface area contributed by atoms with Crippen LogP contribution in [0.3, 0.4) is 0 Å². The largest absolute Gasteiger partial charge is 0.483 e. The van der Waals surface area contributed by atoms with Gasteiger partial charge in [0.25, 0.3) is 5.91 Å². The fourth-order valence-electron chi connectivity index (χ4n) is 3.17. The Morgan fingerprint density at radius 1 is 1.12 bits per heavy atom. The number of ketones is 1. The van der Waals surface area contributed by atoms with Crippen molar-refractivity contribution in [3.05, 3.63) is 65.2 Å². The van der Waals surface area contributed by atoms with Crippen molar-refractivity contribution < 1.29 is 14.3 Å². The number of benzene rings is 2. The maximum absolute atomic E-state index is 12.3. The molecule has 0 saturated carbocycles. The Bertz CT molecular complexity index is 754. The molecule has 0 unspecified atom stereocenters. The van der Waals surface area contributed by atoms with Gasteiger partial charge < -0.3 is 10.1 Å². The molecule has 0 bridgehead atoms. The average molecular weight is 323 g/mol. The highest BCUT2D eigenvalue weighted by molar-refractivity contribution is 5.96. The Morgan fingerprint density at radius 2 is 1.88 bits per heavy atom. The van der Waals surface area contributed by atoms with Crippen molar-refractivity contribution in [2.75, 3.05) is 6.61 Å². The number of ether oxygens (including phenoxy) is 1. The lowest BCUT2D eigenvalue weighted by Gasteiger charge is -2.26. The number of carbonyl (C=O) groups is 2. The normalized spacial score (nSPS) is 16.1. The van der Waals surface area contributed by atoms with E-state index in [1.54, 1.807) is 24.3 Å².